The Labute approximate surface area is 196 Å². The van der Waals surface area contributed by atoms with Crippen LogP contribution in [-0.4, -0.2) is 50.9 Å². The SMILES string of the molecule is COCCOc1cc2c(cc1O)C1(CC2(C)C)CC(C)(C)c2cc(OCCOC)c(O)cc21. The molecule has 0 fully saturated rings. The molecule has 0 saturated heterocycles. The summed E-state index contributed by atoms with van der Waals surface area (Å²) >= 11 is 0. The lowest BCUT2D eigenvalue weighted by Gasteiger charge is -2.30. The standard InChI is InChI=1S/C27H36O6/c1-25(2)15-27(19-11-21(28)23(13-17(19)25)32-9-7-30-5)16-26(3,4)18-14-24(33-10-8-31-6)22(29)12-20(18)27/h11-14,28-29H,7-10,15-16H2,1-6H3. The Hall–Kier alpha value is -2.44. The van der Waals surface area contributed by atoms with Crippen LogP contribution in [0.4, 0.5) is 0 Å². The third kappa shape index (κ3) is 3.93. The zero-order valence-corrected chi connectivity index (χ0v) is 20.6. The van der Waals surface area contributed by atoms with E-state index in [0.29, 0.717) is 37.9 Å². The van der Waals surface area contributed by atoms with Crippen molar-refractivity contribution in [2.45, 2.75) is 56.8 Å². The molecule has 0 aliphatic heterocycles. The Morgan fingerprint density at radius 1 is 0.636 bits per heavy atom. The third-order valence-corrected chi connectivity index (χ3v) is 7.27. The Bertz CT molecular complexity index is 956. The lowest BCUT2D eigenvalue weighted by atomic mass is 9.72. The molecule has 180 valence electrons. The smallest absolute Gasteiger partial charge is 0.161 e. The molecule has 2 aromatic carbocycles. The molecule has 6 nitrogen and oxygen atoms in total. The van der Waals surface area contributed by atoms with Crippen LogP contribution in [0, 0.1) is 0 Å². The van der Waals surface area contributed by atoms with Gasteiger partial charge in [0.15, 0.2) is 23.0 Å². The fourth-order valence-corrected chi connectivity index (χ4v) is 6.04. The Morgan fingerprint density at radius 3 is 1.39 bits per heavy atom. The van der Waals surface area contributed by atoms with Gasteiger partial charge in [-0.1, -0.05) is 27.7 Å². The van der Waals surface area contributed by atoms with Gasteiger partial charge < -0.3 is 29.2 Å². The molecular weight excluding hydrogens is 420 g/mol. The summed E-state index contributed by atoms with van der Waals surface area (Å²) in [4.78, 5) is 0. The fourth-order valence-electron chi connectivity index (χ4n) is 6.04. The van der Waals surface area contributed by atoms with Crippen molar-refractivity contribution in [3.8, 4) is 23.0 Å². The molecule has 2 aromatic rings. The van der Waals surface area contributed by atoms with Crippen LogP contribution in [0.2, 0.25) is 0 Å². The zero-order valence-electron chi connectivity index (χ0n) is 20.6. The van der Waals surface area contributed by atoms with Gasteiger partial charge in [0, 0.05) is 19.6 Å². The van der Waals surface area contributed by atoms with Gasteiger partial charge in [0.1, 0.15) is 13.2 Å². The van der Waals surface area contributed by atoms with E-state index in [9.17, 15) is 10.2 Å². The summed E-state index contributed by atoms with van der Waals surface area (Å²) in [6.45, 7) is 10.6. The van der Waals surface area contributed by atoms with Gasteiger partial charge in [0.05, 0.1) is 13.2 Å². The Kier molecular flexibility index (Phi) is 6.04. The van der Waals surface area contributed by atoms with E-state index in [0.717, 1.165) is 24.0 Å². The second-order valence-corrected chi connectivity index (χ2v) is 10.6. The van der Waals surface area contributed by atoms with E-state index in [1.807, 2.05) is 24.3 Å². The van der Waals surface area contributed by atoms with Crippen LogP contribution in [0.1, 0.15) is 62.8 Å². The number of fused-ring (bicyclic) bond motifs is 4. The molecule has 0 radical (unpaired) electrons. The van der Waals surface area contributed by atoms with Crippen LogP contribution in [-0.2, 0) is 25.7 Å². The highest BCUT2D eigenvalue weighted by Gasteiger charge is 2.57. The molecule has 0 aromatic heterocycles. The molecule has 2 aliphatic rings. The first-order valence-electron chi connectivity index (χ1n) is 11.6. The predicted octanol–water partition coefficient (Wildman–Crippen LogP) is 4.80. The lowest BCUT2D eigenvalue weighted by Crippen LogP contribution is -2.26. The predicted molar refractivity (Wildman–Crippen MR) is 127 cm³/mol. The van der Waals surface area contributed by atoms with Gasteiger partial charge in [-0.2, -0.15) is 0 Å². The van der Waals surface area contributed by atoms with E-state index in [2.05, 4.69) is 27.7 Å². The van der Waals surface area contributed by atoms with Crippen molar-refractivity contribution in [1.29, 1.82) is 0 Å². The van der Waals surface area contributed by atoms with Gasteiger partial charge in [-0.25, -0.2) is 0 Å². The Balaban J connectivity index is 1.82. The van der Waals surface area contributed by atoms with E-state index in [4.69, 9.17) is 18.9 Å². The summed E-state index contributed by atoms with van der Waals surface area (Å²) in [6, 6.07) is 7.72. The maximum atomic E-state index is 10.8. The summed E-state index contributed by atoms with van der Waals surface area (Å²) in [6.07, 6.45) is 1.77. The highest BCUT2D eigenvalue weighted by Crippen LogP contribution is 2.64. The summed E-state index contributed by atoms with van der Waals surface area (Å²) in [7, 11) is 3.25. The quantitative estimate of drug-likeness (QED) is 0.556. The number of benzene rings is 2. The number of rotatable bonds is 8. The van der Waals surface area contributed by atoms with Gasteiger partial charge >= 0.3 is 0 Å². The summed E-state index contributed by atoms with van der Waals surface area (Å²) in [5, 5.41) is 21.7. The van der Waals surface area contributed by atoms with Crippen molar-refractivity contribution in [3.05, 3.63) is 46.5 Å². The van der Waals surface area contributed by atoms with E-state index >= 15 is 0 Å². The highest BCUT2D eigenvalue weighted by molar-refractivity contribution is 5.65. The van der Waals surface area contributed by atoms with E-state index < -0.39 is 0 Å². The van der Waals surface area contributed by atoms with Gasteiger partial charge in [-0.3, -0.25) is 0 Å². The number of phenols is 2. The van der Waals surface area contributed by atoms with E-state index in [-0.39, 0.29) is 27.7 Å². The normalized spacial score (nSPS) is 18.8. The first-order chi connectivity index (χ1) is 15.6. The molecule has 0 unspecified atom stereocenters. The number of methoxy groups -OCH3 is 2. The number of aromatic hydroxyl groups is 2. The van der Waals surface area contributed by atoms with Gasteiger partial charge in [-0.15, -0.1) is 0 Å². The van der Waals surface area contributed by atoms with Crippen LogP contribution < -0.4 is 9.47 Å². The number of hydrogen-bond donors (Lipinski definition) is 2. The minimum Gasteiger partial charge on any atom is -0.504 e. The lowest BCUT2D eigenvalue weighted by molar-refractivity contribution is 0.144. The zero-order chi connectivity index (χ0) is 24.0. The number of hydrogen-bond acceptors (Lipinski definition) is 6. The fraction of sp³-hybridized carbons (Fsp3) is 0.556. The third-order valence-electron chi connectivity index (χ3n) is 7.27. The van der Waals surface area contributed by atoms with Gasteiger partial charge in [0.2, 0.25) is 0 Å². The molecule has 0 saturated carbocycles. The molecule has 6 heteroatoms. The van der Waals surface area contributed by atoms with E-state index in [1.165, 1.54) is 11.1 Å². The molecule has 2 N–H and O–H groups in total. The van der Waals surface area contributed by atoms with Gasteiger partial charge in [-0.05, 0) is 70.2 Å². The Morgan fingerprint density at radius 2 is 1.03 bits per heavy atom. The van der Waals surface area contributed by atoms with Crippen molar-refractivity contribution >= 4 is 0 Å². The average molecular weight is 457 g/mol. The largest absolute Gasteiger partial charge is 0.504 e. The molecule has 1 spiro atoms. The summed E-state index contributed by atoms with van der Waals surface area (Å²) in [5.41, 5.74) is 4.04. The molecule has 0 bridgehead atoms. The molecule has 0 amide bonds. The average Bonchev–Trinajstić information content (AvgIpc) is 3.08. The van der Waals surface area contributed by atoms with Crippen molar-refractivity contribution in [2.24, 2.45) is 0 Å². The monoisotopic (exact) mass is 456 g/mol. The molecule has 2 aliphatic carbocycles. The van der Waals surface area contributed by atoms with E-state index in [1.54, 1.807) is 14.2 Å². The second kappa shape index (κ2) is 8.41. The van der Waals surface area contributed by atoms with Crippen LogP contribution >= 0.6 is 0 Å². The molecule has 4 rings (SSSR count). The highest BCUT2D eigenvalue weighted by atomic mass is 16.5. The topological polar surface area (TPSA) is 77.4 Å². The van der Waals surface area contributed by atoms with Crippen molar-refractivity contribution in [1.82, 2.24) is 0 Å². The maximum absolute atomic E-state index is 10.8. The summed E-state index contributed by atoms with van der Waals surface area (Å²) < 4.78 is 21.8. The maximum Gasteiger partial charge on any atom is 0.161 e. The van der Waals surface area contributed by atoms with Crippen LogP contribution in [0.3, 0.4) is 0 Å². The first-order valence-corrected chi connectivity index (χ1v) is 11.6. The van der Waals surface area contributed by atoms with Crippen LogP contribution in [0.15, 0.2) is 24.3 Å². The van der Waals surface area contributed by atoms with Crippen molar-refractivity contribution < 1.29 is 29.2 Å². The minimum atomic E-state index is -0.303. The summed E-state index contributed by atoms with van der Waals surface area (Å²) in [5.74, 6) is 1.24. The second-order valence-electron chi connectivity index (χ2n) is 10.6. The van der Waals surface area contributed by atoms with Crippen molar-refractivity contribution in [3.63, 3.8) is 0 Å². The van der Waals surface area contributed by atoms with Crippen molar-refractivity contribution in [2.75, 3.05) is 40.6 Å². The molecule has 33 heavy (non-hydrogen) atoms. The molecule has 0 heterocycles. The first kappa shape index (κ1) is 23.7. The molecular formula is C27H36O6. The van der Waals surface area contributed by atoms with Gasteiger partial charge in [0.25, 0.3) is 0 Å². The minimum absolute atomic E-state index is 0.122. The number of ether oxygens (including phenoxy) is 4. The van der Waals surface area contributed by atoms with Crippen LogP contribution in [0.25, 0.3) is 0 Å². The number of phenolic OH excluding ortho intramolecular Hbond substituents is 2. The van der Waals surface area contributed by atoms with Crippen LogP contribution in [0.5, 0.6) is 23.0 Å². The molecule has 0 atom stereocenters.